The normalized spacial score (nSPS) is 13.5. The first-order chi connectivity index (χ1) is 12.6. The van der Waals surface area contributed by atoms with Gasteiger partial charge >= 0.3 is 6.03 Å². The molecule has 2 N–H and O–H groups in total. The van der Waals surface area contributed by atoms with Crippen LogP contribution in [0.1, 0.15) is 24.0 Å². The molecule has 1 aliphatic heterocycles. The van der Waals surface area contributed by atoms with E-state index in [1.54, 1.807) is 0 Å². The predicted octanol–water partition coefficient (Wildman–Crippen LogP) is 4.10. The third-order valence-electron chi connectivity index (χ3n) is 4.73. The molecular weight excluding hydrogens is 326 g/mol. The van der Waals surface area contributed by atoms with Gasteiger partial charge in [-0.15, -0.1) is 0 Å². The molecule has 2 aromatic carbocycles. The second-order valence-electron chi connectivity index (χ2n) is 6.72. The number of anilines is 2. The number of hydrogen-bond acceptors (Lipinski definition) is 3. The Labute approximate surface area is 155 Å². The highest BCUT2D eigenvalue weighted by Crippen LogP contribution is 2.22. The molecule has 0 radical (unpaired) electrons. The van der Waals surface area contributed by atoms with E-state index < -0.39 is 0 Å². The summed E-state index contributed by atoms with van der Waals surface area (Å²) in [4.78, 5) is 14.3. The number of carbonyl (C=O) groups excluding carboxylic acids is 1. The van der Waals surface area contributed by atoms with Crippen molar-refractivity contribution in [2.75, 3.05) is 36.5 Å². The molecule has 1 fully saturated rings. The van der Waals surface area contributed by atoms with E-state index >= 15 is 0 Å². The maximum atomic E-state index is 12.0. The van der Waals surface area contributed by atoms with Crippen molar-refractivity contribution in [3.63, 3.8) is 0 Å². The highest BCUT2D eigenvalue weighted by molar-refractivity contribution is 5.89. The molecule has 2 aromatic rings. The van der Waals surface area contributed by atoms with Crippen LogP contribution in [-0.4, -0.2) is 32.3 Å². The maximum Gasteiger partial charge on any atom is 0.319 e. The lowest BCUT2D eigenvalue weighted by Gasteiger charge is -2.17. The molecule has 26 heavy (non-hydrogen) atoms. The molecule has 5 nitrogen and oxygen atoms in total. The van der Waals surface area contributed by atoms with Crippen LogP contribution in [0.2, 0.25) is 0 Å². The van der Waals surface area contributed by atoms with Crippen LogP contribution in [0.25, 0.3) is 0 Å². The topological polar surface area (TPSA) is 53.6 Å². The highest BCUT2D eigenvalue weighted by Gasteiger charge is 2.12. The Morgan fingerprint density at radius 1 is 1.04 bits per heavy atom. The fourth-order valence-corrected chi connectivity index (χ4v) is 3.04. The zero-order chi connectivity index (χ0) is 18.4. The second kappa shape index (κ2) is 8.61. The molecule has 1 aliphatic rings. The number of carbonyl (C=O) groups is 1. The zero-order valence-electron chi connectivity index (χ0n) is 15.5. The van der Waals surface area contributed by atoms with E-state index in [9.17, 15) is 4.79 Å². The molecule has 3 rings (SSSR count). The van der Waals surface area contributed by atoms with Gasteiger partial charge in [-0.05, 0) is 74.2 Å². The molecule has 0 saturated carbocycles. The van der Waals surface area contributed by atoms with Gasteiger partial charge < -0.3 is 20.3 Å². The van der Waals surface area contributed by atoms with Gasteiger partial charge in [0.1, 0.15) is 12.4 Å². The van der Waals surface area contributed by atoms with Gasteiger partial charge in [0.2, 0.25) is 0 Å². The van der Waals surface area contributed by atoms with E-state index in [1.807, 2.05) is 30.3 Å². The number of aryl methyl sites for hydroxylation is 2. The van der Waals surface area contributed by atoms with Gasteiger partial charge in [-0.25, -0.2) is 4.79 Å². The minimum atomic E-state index is -0.220. The van der Waals surface area contributed by atoms with Crippen molar-refractivity contribution >= 4 is 17.4 Å². The lowest BCUT2D eigenvalue weighted by molar-refractivity contribution is 0.247. The fourth-order valence-electron chi connectivity index (χ4n) is 3.04. The van der Waals surface area contributed by atoms with Crippen molar-refractivity contribution in [1.29, 1.82) is 0 Å². The summed E-state index contributed by atoms with van der Waals surface area (Å²) in [5.41, 5.74) is 4.45. The third-order valence-corrected chi connectivity index (χ3v) is 4.73. The van der Waals surface area contributed by atoms with Crippen molar-refractivity contribution in [2.24, 2.45) is 0 Å². The summed E-state index contributed by atoms with van der Waals surface area (Å²) in [6.07, 6.45) is 2.51. The average Bonchev–Trinajstić information content (AvgIpc) is 3.17. The summed E-state index contributed by atoms with van der Waals surface area (Å²) < 4.78 is 5.67. The van der Waals surface area contributed by atoms with Crippen molar-refractivity contribution in [3.05, 3.63) is 53.6 Å². The fraction of sp³-hybridized carbons (Fsp3) is 0.381. The van der Waals surface area contributed by atoms with Crippen LogP contribution in [0.3, 0.4) is 0 Å². The Kier molecular flexibility index (Phi) is 6.00. The second-order valence-corrected chi connectivity index (χ2v) is 6.72. The van der Waals surface area contributed by atoms with Crippen LogP contribution in [0.4, 0.5) is 16.2 Å². The van der Waals surface area contributed by atoms with Gasteiger partial charge in [0, 0.05) is 24.5 Å². The monoisotopic (exact) mass is 353 g/mol. The quantitative estimate of drug-likeness (QED) is 0.769. The van der Waals surface area contributed by atoms with Gasteiger partial charge in [0.15, 0.2) is 0 Å². The Hall–Kier alpha value is -2.69. The van der Waals surface area contributed by atoms with Crippen molar-refractivity contribution in [1.82, 2.24) is 5.32 Å². The molecule has 0 unspecified atom stereocenters. The lowest BCUT2D eigenvalue weighted by Crippen LogP contribution is -2.32. The van der Waals surface area contributed by atoms with Crippen LogP contribution in [0, 0.1) is 13.8 Å². The first-order valence-electron chi connectivity index (χ1n) is 9.22. The number of rotatable bonds is 6. The summed E-state index contributed by atoms with van der Waals surface area (Å²) in [6, 6.07) is 13.8. The van der Waals surface area contributed by atoms with Gasteiger partial charge in [0.25, 0.3) is 0 Å². The van der Waals surface area contributed by atoms with Gasteiger partial charge in [-0.2, -0.15) is 0 Å². The molecule has 2 amide bonds. The molecule has 0 bridgehead atoms. The van der Waals surface area contributed by atoms with Crippen LogP contribution in [0.15, 0.2) is 42.5 Å². The SMILES string of the molecule is Cc1ccc(OCCNC(=O)Nc2ccc(N3CCCC3)cc2)cc1C. The van der Waals surface area contributed by atoms with Crippen molar-refractivity contribution in [3.8, 4) is 5.75 Å². The smallest absolute Gasteiger partial charge is 0.319 e. The first-order valence-corrected chi connectivity index (χ1v) is 9.22. The highest BCUT2D eigenvalue weighted by atomic mass is 16.5. The molecular formula is C21H27N3O2. The molecule has 0 aromatic heterocycles. The van der Waals surface area contributed by atoms with Crippen molar-refractivity contribution in [2.45, 2.75) is 26.7 Å². The molecule has 0 aliphatic carbocycles. The number of nitrogens with zero attached hydrogens (tertiary/aromatic N) is 1. The average molecular weight is 353 g/mol. The standard InChI is InChI=1S/C21H27N3O2/c1-16-5-10-20(15-17(16)2)26-14-11-22-21(25)23-18-6-8-19(9-7-18)24-12-3-4-13-24/h5-10,15H,3-4,11-14H2,1-2H3,(H2,22,23,25). The maximum absolute atomic E-state index is 12.0. The first kappa shape index (κ1) is 18.1. The summed E-state index contributed by atoms with van der Waals surface area (Å²) in [5, 5.41) is 5.66. The predicted molar refractivity (Wildman–Crippen MR) is 106 cm³/mol. The number of ether oxygens (including phenoxy) is 1. The van der Waals surface area contributed by atoms with E-state index in [-0.39, 0.29) is 6.03 Å². The Bertz CT molecular complexity index is 737. The van der Waals surface area contributed by atoms with E-state index in [0.717, 1.165) is 24.5 Å². The van der Waals surface area contributed by atoms with Gasteiger partial charge in [0.05, 0.1) is 6.54 Å². The third kappa shape index (κ3) is 4.91. The molecule has 0 atom stereocenters. The van der Waals surface area contributed by atoms with Gasteiger partial charge in [-0.3, -0.25) is 0 Å². The summed E-state index contributed by atoms with van der Waals surface area (Å²) in [6.45, 7) is 7.25. The molecule has 1 saturated heterocycles. The van der Waals surface area contributed by atoms with Gasteiger partial charge in [-0.1, -0.05) is 6.07 Å². The minimum absolute atomic E-state index is 0.220. The van der Waals surface area contributed by atoms with E-state index in [4.69, 9.17) is 4.74 Å². The Balaban J connectivity index is 1.39. The summed E-state index contributed by atoms with van der Waals surface area (Å²) >= 11 is 0. The summed E-state index contributed by atoms with van der Waals surface area (Å²) in [7, 11) is 0. The number of hydrogen-bond donors (Lipinski definition) is 2. The van der Waals surface area contributed by atoms with Crippen LogP contribution in [-0.2, 0) is 0 Å². The number of amides is 2. The molecule has 138 valence electrons. The molecule has 0 spiro atoms. The number of urea groups is 1. The zero-order valence-corrected chi connectivity index (χ0v) is 15.5. The molecule has 1 heterocycles. The van der Waals surface area contributed by atoms with E-state index in [1.165, 1.54) is 29.7 Å². The molecule has 5 heteroatoms. The number of benzene rings is 2. The summed E-state index contributed by atoms with van der Waals surface area (Å²) in [5.74, 6) is 0.827. The Morgan fingerprint density at radius 2 is 1.77 bits per heavy atom. The Morgan fingerprint density at radius 3 is 2.46 bits per heavy atom. The van der Waals surface area contributed by atoms with Crippen LogP contribution in [0.5, 0.6) is 5.75 Å². The van der Waals surface area contributed by atoms with Crippen molar-refractivity contribution < 1.29 is 9.53 Å². The van der Waals surface area contributed by atoms with E-state index in [2.05, 4.69) is 41.5 Å². The van der Waals surface area contributed by atoms with E-state index in [0.29, 0.717) is 13.2 Å². The van der Waals surface area contributed by atoms with Crippen LogP contribution < -0.4 is 20.3 Å². The largest absolute Gasteiger partial charge is 0.492 e. The number of nitrogens with one attached hydrogen (secondary N) is 2. The minimum Gasteiger partial charge on any atom is -0.492 e. The van der Waals surface area contributed by atoms with Crippen LogP contribution >= 0.6 is 0 Å². The lowest BCUT2D eigenvalue weighted by atomic mass is 10.1.